The summed E-state index contributed by atoms with van der Waals surface area (Å²) in [5.74, 6) is -1.09. The molecule has 5 heteroatoms. The highest BCUT2D eigenvalue weighted by Gasteiger charge is 2.48. The Labute approximate surface area is 168 Å². The van der Waals surface area contributed by atoms with Gasteiger partial charge in [-0.2, -0.15) is 0 Å². The number of alkyl halides is 1. The zero-order chi connectivity index (χ0) is 19.7. The van der Waals surface area contributed by atoms with Gasteiger partial charge >= 0.3 is 11.9 Å². The number of carbonyl (C=O) groups excluding carboxylic acids is 2. The molecule has 0 aliphatic rings. The second-order valence-corrected chi connectivity index (χ2v) is 6.86. The van der Waals surface area contributed by atoms with Gasteiger partial charge < -0.3 is 9.47 Å². The summed E-state index contributed by atoms with van der Waals surface area (Å²) >= 11 is 3.33. The molecule has 4 nitrogen and oxygen atoms in total. The highest BCUT2D eigenvalue weighted by molar-refractivity contribution is 9.09. The molecule has 0 fully saturated rings. The first-order valence-corrected chi connectivity index (χ1v) is 10.2. The zero-order valence-electron chi connectivity index (χ0n) is 15.7. The second-order valence-electron chi connectivity index (χ2n) is 6.21. The first-order valence-electron chi connectivity index (χ1n) is 9.10. The second kappa shape index (κ2) is 10.3. The molecule has 0 saturated carbocycles. The van der Waals surface area contributed by atoms with Gasteiger partial charge in [-0.15, -0.1) is 0 Å². The normalized spacial score (nSPS) is 11.7. The number of rotatable bonds is 9. The van der Waals surface area contributed by atoms with Crippen molar-refractivity contribution in [2.24, 2.45) is 5.41 Å². The Hall–Kier alpha value is -2.14. The molecule has 0 amide bonds. The van der Waals surface area contributed by atoms with Crippen LogP contribution in [0.5, 0.6) is 0 Å². The van der Waals surface area contributed by atoms with E-state index in [4.69, 9.17) is 9.47 Å². The SMILES string of the molecule is CCOC(=O)C(C/C=C\CBr)(Cc1ccc2ccccc2c1)C(=O)OCC. The average Bonchev–Trinajstić information content (AvgIpc) is 2.67. The van der Waals surface area contributed by atoms with Gasteiger partial charge in [-0.1, -0.05) is 70.5 Å². The number of carbonyl (C=O) groups is 2. The van der Waals surface area contributed by atoms with Crippen LogP contribution in [0.3, 0.4) is 0 Å². The van der Waals surface area contributed by atoms with E-state index in [-0.39, 0.29) is 26.1 Å². The van der Waals surface area contributed by atoms with Crippen molar-refractivity contribution in [3.63, 3.8) is 0 Å². The topological polar surface area (TPSA) is 52.6 Å². The zero-order valence-corrected chi connectivity index (χ0v) is 17.3. The van der Waals surface area contributed by atoms with E-state index in [9.17, 15) is 9.59 Å². The number of ether oxygens (including phenoxy) is 2. The van der Waals surface area contributed by atoms with E-state index in [1.54, 1.807) is 13.8 Å². The van der Waals surface area contributed by atoms with Crippen molar-refractivity contribution in [1.29, 1.82) is 0 Å². The third-order valence-corrected chi connectivity index (χ3v) is 4.75. The molecule has 0 aromatic heterocycles. The van der Waals surface area contributed by atoms with Crippen LogP contribution in [0.2, 0.25) is 0 Å². The number of hydrogen-bond donors (Lipinski definition) is 0. The molecule has 0 atom stereocenters. The molecule has 0 spiro atoms. The van der Waals surface area contributed by atoms with Crippen LogP contribution in [0.1, 0.15) is 25.8 Å². The predicted molar refractivity (Wildman–Crippen MR) is 111 cm³/mol. The average molecular weight is 433 g/mol. The molecule has 0 aliphatic heterocycles. The summed E-state index contributed by atoms with van der Waals surface area (Å²) in [6.07, 6.45) is 4.14. The fourth-order valence-corrected chi connectivity index (χ4v) is 3.31. The minimum Gasteiger partial charge on any atom is -0.465 e. The van der Waals surface area contributed by atoms with E-state index < -0.39 is 17.4 Å². The summed E-state index contributed by atoms with van der Waals surface area (Å²) in [5.41, 5.74) is -0.505. The van der Waals surface area contributed by atoms with Gasteiger partial charge in [0.2, 0.25) is 0 Å². The molecule has 0 unspecified atom stereocenters. The van der Waals surface area contributed by atoms with Gasteiger partial charge in [0, 0.05) is 5.33 Å². The summed E-state index contributed by atoms with van der Waals surface area (Å²) in [6, 6.07) is 14.0. The monoisotopic (exact) mass is 432 g/mol. The van der Waals surface area contributed by atoms with Gasteiger partial charge in [-0.3, -0.25) is 9.59 Å². The number of allylic oxidation sites excluding steroid dienone is 2. The van der Waals surface area contributed by atoms with E-state index >= 15 is 0 Å². The third-order valence-electron chi connectivity index (χ3n) is 4.37. The van der Waals surface area contributed by atoms with E-state index in [2.05, 4.69) is 15.9 Å². The lowest BCUT2D eigenvalue weighted by Crippen LogP contribution is -2.43. The lowest BCUT2D eigenvalue weighted by Gasteiger charge is -2.28. The van der Waals surface area contributed by atoms with E-state index in [1.807, 2.05) is 54.6 Å². The molecule has 0 bridgehead atoms. The highest BCUT2D eigenvalue weighted by atomic mass is 79.9. The Morgan fingerprint density at radius 1 is 0.963 bits per heavy atom. The fourth-order valence-electron chi connectivity index (χ4n) is 3.05. The number of fused-ring (bicyclic) bond motifs is 1. The molecular formula is C22H25BrO4. The maximum absolute atomic E-state index is 12.9. The minimum absolute atomic E-state index is 0.208. The van der Waals surface area contributed by atoms with Crippen molar-refractivity contribution in [3.05, 3.63) is 60.2 Å². The van der Waals surface area contributed by atoms with Crippen molar-refractivity contribution in [1.82, 2.24) is 0 Å². The molecule has 144 valence electrons. The summed E-state index contributed by atoms with van der Waals surface area (Å²) < 4.78 is 10.6. The van der Waals surface area contributed by atoms with Gasteiger partial charge in [-0.25, -0.2) is 0 Å². The molecule has 0 saturated heterocycles. The molecule has 2 aromatic carbocycles. The maximum Gasteiger partial charge on any atom is 0.324 e. The summed E-state index contributed by atoms with van der Waals surface area (Å²) in [6.45, 7) is 3.88. The van der Waals surface area contributed by atoms with Crippen LogP contribution in [0.4, 0.5) is 0 Å². The van der Waals surface area contributed by atoms with Crippen LogP contribution in [-0.4, -0.2) is 30.5 Å². The van der Waals surface area contributed by atoms with Gasteiger partial charge in [-0.05, 0) is 43.0 Å². The summed E-state index contributed by atoms with van der Waals surface area (Å²) in [7, 11) is 0. The first-order chi connectivity index (χ1) is 13.1. The van der Waals surface area contributed by atoms with E-state index in [1.165, 1.54) is 0 Å². The first kappa shape index (κ1) is 21.2. The predicted octanol–water partition coefficient (Wildman–Crippen LogP) is 4.84. The van der Waals surface area contributed by atoms with Crippen LogP contribution in [0.15, 0.2) is 54.6 Å². The molecule has 27 heavy (non-hydrogen) atoms. The van der Waals surface area contributed by atoms with Crippen molar-refractivity contribution >= 4 is 38.6 Å². The molecule has 0 radical (unpaired) electrons. The van der Waals surface area contributed by atoms with Crippen molar-refractivity contribution < 1.29 is 19.1 Å². The largest absolute Gasteiger partial charge is 0.465 e. The van der Waals surface area contributed by atoms with Crippen LogP contribution >= 0.6 is 15.9 Å². The lowest BCUT2D eigenvalue weighted by molar-refractivity contribution is -0.171. The Morgan fingerprint density at radius 3 is 2.19 bits per heavy atom. The summed E-state index contributed by atoms with van der Waals surface area (Å²) in [5, 5.41) is 2.82. The molecular weight excluding hydrogens is 408 g/mol. The van der Waals surface area contributed by atoms with E-state index in [0.29, 0.717) is 5.33 Å². The van der Waals surface area contributed by atoms with Crippen LogP contribution in [0, 0.1) is 5.41 Å². The van der Waals surface area contributed by atoms with Crippen molar-refractivity contribution in [2.45, 2.75) is 26.7 Å². The standard InChI is InChI=1S/C22H25BrO4/c1-3-26-20(24)22(13-7-8-14-23,21(25)27-4-2)16-17-11-12-18-9-5-6-10-19(18)15-17/h5-12,15H,3-4,13-14,16H2,1-2H3/b8-7-. The van der Waals surface area contributed by atoms with Gasteiger partial charge in [0.1, 0.15) is 0 Å². The molecule has 0 aliphatic carbocycles. The van der Waals surface area contributed by atoms with Crippen molar-refractivity contribution in [2.75, 3.05) is 18.5 Å². The fraction of sp³-hybridized carbons (Fsp3) is 0.364. The quantitative estimate of drug-likeness (QED) is 0.246. The number of benzene rings is 2. The number of halogens is 1. The van der Waals surface area contributed by atoms with Crippen LogP contribution in [0.25, 0.3) is 10.8 Å². The summed E-state index contributed by atoms with van der Waals surface area (Å²) in [4.78, 5) is 25.7. The molecule has 0 heterocycles. The molecule has 0 N–H and O–H groups in total. The van der Waals surface area contributed by atoms with E-state index in [0.717, 1.165) is 16.3 Å². The van der Waals surface area contributed by atoms with Gasteiger partial charge in [0.15, 0.2) is 5.41 Å². The van der Waals surface area contributed by atoms with Gasteiger partial charge in [0.25, 0.3) is 0 Å². The van der Waals surface area contributed by atoms with Gasteiger partial charge in [0.05, 0.1) is 13.2 Å². The Kier molecular flexibility index (Phi) is 8.04. The Bertz CT molecular complexity index is 795. The lowest BCUT2D eigenvalue weighted by atomic mass is 9.78. The Balaban J connectivity index is 2.47. The number of hydrogen-bond acceptors (Lipinski definition) is 4. The number of esters is 2. The maximum atomic E-state index is 12.9. The highest BCUT2D eigenvalue weighted by Crippen LogP contribution is 2.33. The smallest absolute Gasteiger partial charge is 0.324 e. The minimum atomic E-state index is -1.40. The van der Waals surface area contributed by atoms with Crippen LogP contribution in [-0.2, 0) is 25.5 Å². The third kappa shape index (κ3) is 5.19. The van der Waals surface area contributed by atoms with Crippen molar-refractivity contribution in [3.8, 4) is 0 Å². The van der Waals surface area contributed by atoms with Crippen LogP contribution < -0.4 is 0 Å². The Morgan fingerprint density at radius 2 is 1.59 bits per heavy atom. The molecule has 2 aromatic rings. The molecule has 2 rings (SSSR count).